The quantitative estimate of drug-likeness (QED) is 0.733. The molecule has 140 valence electrons. The summed E-state index contributed by atoms with van der Waals surface area (Å²) in [6.07, 6.45) is 0.879. The van der Waals surface area contributed by atoms with Gasteiger partial charge < -0.3 is 15.1 Å². The van der Waals surface area contributed by atoms with Gasteiger partial charge in [0.05, 0.1) is 11.7 Å². The van der Waals surface area contributed by atoms with Gasteiger partial charge in [0.25, 0.3) is 0 Å². The van der Waals surface area contributed by atoms with E-state index in [1.807, 2.05) is 36.4 Å². The number of aliphatic hydroxyl groups excluding tert-OH is 1. The SMILES string of the molecule is Cc1ccccc1C1(O)CCN(CC(O)c2ccc3ccccc3c2)CC1. The topological polar surface area (TPSA) is 43.7 Å². The van der Waals surface area contributed by atoms with Crippen LogP contribution in [0.4, 0.5) is 0 Å². The van der Waals surface area contributed by atoms with Crippen molar-refractivity contribution in [3.8, 4) is 0 Å². The summed E-state index contributed by atoms with van der Waals surface area (Å²) >= 11 is 0. The van der Waals surface area contributed by atoms with Gasteiger partial charge >= 0.3 is 0 Å². The van der Waals surface area contributed by atoms with Crippen LogP contribution in [0.5, 0.6) is 0 Å². The molecule has 27 heavy (non-hydrogen) atoms. The summed E-state index contributed by atoms with van der Waals surface area (Å²) in [6, 6.07) is 22.5. The van der Waals surface area contributed by atoms with E-state index >= 15 is 0 Å². The lowest BCUT2D eigenvalue weighted by atomic mass is 9.82. The highest BCUT2D eigenvalue weighted by Crippen LogP contribution is 2.35. The summed E-state index contributed by atoms with van der Waals surface area (Å²) in [7, 11) is 0. The highest BCUT2D eigenvalue weighted by Gasteiger charge is 2.35. The van der Waals surface area contributed by atoms with Crippen molar-refractivity contribution < 1.29 is 10.2 Å². The first kappa shape index (κ1) is 18.2. The van der Waals surface area contributed by atoms with Gasteiger partial charge in [0, 0.05) is 19.6 Å². The molecule has 0 aromatic heterocycles. The molecule has 0 saturated carbocycles. The summed E-state index contributed by atoms with van der Waals surface area (Å²) in [4.78, 5) is 2.26. The largest absolute Gasteiger partial charge is 0.387 e. The second kappa shape index (κ2) is 7.43. The van der Waals surface area contributed by atoms with E-state index in [0.29, 0.717) is 19.4 Å². The molecule has 1 aliphatic rings. The van der Waals surface area contributed by atoms with Crippen LogP contribution in [0.15, 0.2) is 66.7 Å². The van der Waals surface area contributed by atoms with Crippen LogP contribution in [0.3, 0.4) is 0 Å². The van der Waals surface area contributed by atoms with Crippen LogP contribution in [0, 0.1) is 6.92 Å². The number of likely N-dealkylation sites (tertiary alicyclic amines) is 1. The van der Waals surface area contributed by atoms with Crippen molar-refractivity contribution in [1.29, 1.82) is 0 Å². The van der Waals surface area contributed by atoms with E-state index in [-0.39, 0.29) is 0 Å². The van der Waals surface area contributed by atoms with Gasteiger partial charge in [0.2, 0.25) is 0 Å². The van der Waals surface area contributed by atoms with Crippen molar-refractivity contribution in [1.82, 2.24) is 4.90 Å². The number of piperidine rings is 1. The van der Waals surface area contributed by atoms with E-state index in [0.717, 1.165) is 35.2 Å². The van der Waals surface area contributed by atoms with Gasteiger partial charge in [0.15, 0.2) is 0 Å². The summed E-state index contributed by atoms with van der Waals surface area (Å²) in [5.41, 5.74) is 2.38. The molecule has 3 aromatic carbocycles. The molecule has 3 nitrogen and oxygen atoms in total. The first-order valence-corrected chi connectivity index (χ1v) is 9.73. The number of hydrogen-bond donors (Lipinski definition) is 2. The summed E-state index contributed by atoms with van der Waals surface area (Å²) in [6.45, 7) is 4.23. The third kappa shape index (κ3) is 3.77. The van der Waals surface area contributed by atoms with Crippen molar-refractivity contribution in [3.63, 3.8) is 0 Å². The standard InChI is InChI=1S/C24H27NO2/c1-18-6-2-5-9-22(18)24(27)12-14-25(15-13-24)17-23(26)21-11-10-19-7-3-4-8-20(19)16-21/h2-11,16,23,26-27H,12-15,17H2,1H3. The first-order chi connectivity index (χ1) is 13.0. The molecule has 1 fully saturated rings. The van der Waals surface area contributed by atoms with Gasteiger partial charge in [-0.15, -0.1) is 0 Å². The molecular weight excluding hydrogens is 334 g/mol. The minimum atomic E-state index is -0.754. The van der Waals surface area contributed by atoms with Crippen molar-refractivity contribution in [2.75, 3.05) is 19.6 Å². The molecule has 0 aliphatic carbocycles. The molecule has 3 heteroatoms. The Balaban J connectivity index is 1.41. The number of rotatable bonds is 4. The Kier molecular flexibility index (Phi) is 5.00. The lowest BCUT2D eigenvalue weighted by Crippen LogP contribution is -2.44. The predicted octanol–water partition coefficient (Wildman–Crippen LogP) is 4.17. The van der Waals surface area contributed by atoms with Crippen LogP contribution in [-0.4, -0.2) is 34.7 Å². The van der Waals surface area contributed by atoms with Crippen LogP contribution in [0.25, 0.3) is 10.8 Å². The monoisotopic (exact) mass is 361 g/mol. The number of aryl methyl sites for hydroxylation is 1. The lowest BCUT2D eigenvalue weighted by molar-refractivity contribution is -0.0348. The highest BCUT2D eigenvalue weighted by atomic mass is 16.3. The average molecular weight is 361 g/mol. The molecule has 0 radical (unpaired) electrons. The van der Waals surface area contributed by atoms with Crippen LogP contribution < -0.4 is 0 Å². The summed E-state index contributed by atoms with van der Waals surface area (Å²) in [5, 5.41) is 24.2. The number of fused-ring (bicyclic) bond motifs is 1. The normalized spacial score (nSPS) is 18.5. The fraction of sp³-hybridized carbons (Fsp3) is 0.333. The van der Waals surface area contributed by atoms with Gasteiger partial charge in [-0.05, 0) is 53.3 Å². The van der Waals surface area contributed by atoms with Gasteiger partial charge in [-0.3, -0.25) is 0 Å². The first-order valence-electron chi connectivity index (χ1n) is 9.73. The maximum Gasteiger partial charge on any atom is 0.0923 e. The van der Waals surface area contributed by atoms with Gasteiger partial charge in [-0.2, -0.15) is 0 Å². The Labute approximate surface area is 160 Å². The fourth-order valence-electron chi connectivity index (χ4n) is 4.23. The van der Waals surface area contributed by atoms with Crippen molar-refractivity contribution >= 4 is 10.8 Å². The zero-order valence-electron chi connectivity index (χ0n) is 15.8. The van der Waals surface area contributed by atoms with Gasteiger partial charge in [-0.1, -0.05) is 60.7 Å². The third-order valence-corrected chi connectivity index (χ3v) is 5.92. The molecule has 0 amide bonds. The smallest absolute Gasteiger partial charge is 0.0923 e. The maximum absolute atomic E-state index is 11.1. The maximum atomic E-state index is 11.1. The van der Waals surface area contributed by atoms with Crippen LogP contribution in [-0.2, 0) is 5.60 Å². The average Bonchev–Trinajstić information content (AvgIpc) is 2.69. The van der Waals surface area contributed by atoms with Gasteiger partial charge in [-0.25, -0.2) is 0 Å². The molecule has 1 unspecified atom stereocenters. The number of benzene rings is 3. The second-order valence-electron chi connectivity index (χ2n) is 7.77. The fourth-order valence-corrected chi connectivity index (χ4v) is 4.23. The van der Waals surface area contributed by atoms with E-state index in [4.69, 9.17) is 0 Å². The number of hydrogen-bond acceptors (Lipinski definition) is 3. The second-order valence-corrected chi connectivity index (χ2v) is 7.77. The van der Waals surface area contributed by atoms with Crippen LogP contribution >= 0.6 is 0 Å². The van der Waals surface area contributed by atoms with E-state index in [9.17, 15) is 10.2 Å². The molecule has 1 heterocycles. The lowest BCUT2D eigenvalue weighted by Gasteiger charge is -2.39. The Morgan fingerprint density at radius 3 is 2.33 bits per heavy atom. The molecule has 1 atom stereocenters. The summed E-state index contributed by atoms with van der Waals surface area (Å²) < 4.78 is 0. The predicted molar refractivity (Wildman–Crippen MR) is 110 cm³/mol. The van der Waals surface area contributed by atoms with Gasteiger partial charge in [0.1, 0.15) is 0 Å². The molecular formula is C24H27NO2. The Morgan fingerprint density at radius 2 is 1.59 bits per heavy atom. The third-order valence-electron chi connectivity index (χ3n) is 5.92. The van der Waals surface area contributed by atoms with E-state index < -0.39 is 11.7 Å². The minimum Gasteiger partial charge on any atom is -0.387 e. The minimum absolute atomic E-state index is 0.515. The molecule has 1 saturated heterocycles. The van der Waals surface area contributed by atoms with E-state index in [1.54, 1.807) is 0 Å². The zero-order chi connectivity index (χ0) is 18.9. The molecule has 4 rings (SSSR count). The molecule has 0 spiro atoms. The molecule has 3 aromatic rings. The Bertz CT molecular complexity index is 928. The van der Waals surface area contributed by atoms with Crippen LogP contribution in [0.2, 0.25) is 0 Å². The van der Waals surface area contributed by atoms with E-state index in [2.05, 4.69) is 42.2 Å². The zero-order valence-corrected chi connectivity index (χ0v) is 15.8. The molecule has 0 bridgehead atoms. The van der Waals surface area contributed by atoms with Crippen LogP contribution in [0.1, 0.15) is 35.6 Å². The summed E-state index contributed by atoms with van der Waals surface area (Å²) in [5.74, 6) is 0. The number of nitrogens with zero attached hydrogens (tertiary/aromatic N) is 1. The van der Waals surface area contributed by atoms with Crippen molar-refractivity contribution in [2.24, 2.45) is 0 Å². The highest BCUT2D eigenvalue weighted by molar-refractivity contribution is 5.83. The molecule has 2 N–H and O–H groups in total. The van der Waals surface area contributed by atoms with Crippen molar-refractivity contribution in [3.05, 3.63) is 83.4 Å². The molecule has 1 aliphatic heterocycles. The van der Waals surface area contributed by atoms with Crippen molar-refractivity contribution in [2.45, 2.75) is 31.5 Å². The number of β-amino-alcohol motifs (C(OH)–C–C–N with tert-alkyl or cyclic N) is 1. The Morgan fingerprint density at radius 1 is 0.926 bits per heavy atom. The number of aliphatic hydroxyl groups is 2. The van der Waals surface area contributed by atoms with E-state index in [1.165, 1.54) is 5.39 Å². The Hall–Kier alpha value is -2.20.